The number of hydrogen-bond donors (Lipinski definition) is 4. The Kier molecular flexibility index (Phi) is 32.1. The molecule has 18 nitrogen and oxygen atoms in total. The minimum absolute atomic E-state index is 0. The molecule has 0 amide bonds. The minimum atomic E-state index is -1.47. The zero-order valence-electron chi connectivity index (χ0n) is 31.3. The van der Waals surface area contributed by atoms with E-state index in [1.54, 1.807) is 86.9 Å². The van der Waals surface area contributed by atoms with E-state index in [4.69, 9.17) is 39.6 Å². The number of ether oxygens (including phenoxy) is 6. The predicted molar refractivity (Wildman–Crippen MR) is 254 cm³/mol. The maximum Gasteiger partial charge on any atom is 0 e. The SMILES string of the molecule is CCOC(=O)C(Oc1ccccc1OC)C(=O)OCC.COc1ccccc1Oc1c(O)nc(-c2ncccn2)[nH]c1=O.II.N=C(N)c1ncccn1.[I][V]([I])[I].[V]. The Hall–Kier alpha value is -2.29. The minimum Gasteiger partial charge on any atom is 0 e. The maximum atomic E-state index is 12.2. The summed E-state index contributed by atoms with van der Waals surface area (Å²) in [6, 6.07) is 16.7. The Morgan fingerprint density at radius 1 is 0.797 bits per heavy atom. The number of nitrogens with one attached hydrogen (secondary N) is 2. The molecular weight excluding hydrogens is 1420 g/mol. The summed E-state index contributed by atoms with van der Waals surface area (Å²) in [7, 11) is 2.94. The van der Waals surface area contributed by atoms with E-state index in [9.17, 15) is 19.5 Å². The summed E-state index contributed by atoms with van der Waals surface area (Å²) in [5, 5.41) is 16.9. The van der Waals surface area contributed by atoms with Crippen molar-refractivity contribution in [3.05, 3.63) is 102 Å². The van der Waals surface area contributed by atoms with Gasteiger partial charge in [0, 0.05) is 80.6 Å². The molecule has 2 aromatic carbocycles. The van der Waals surface area contributed by atoms with Crippen LogP contribution in [0.15, 0.2) is 90.2 Å². The molecule has 0 saturated carbocycles. The van der Waals surface area contributed by atoms with E-state index in [0.29, 0.717) is 11.5 Å². The molecule has 3 aromatic heterocycles. The molecule has 25 heteroatoms. The van der Waals surface area contributed by atoms with Crippen LogP contribution in [0.1, 0.15) is 19.7 Å². The van der Waals surface area contributed by atoms with Gasteiger partial charge in [0.15, 0.2) is 46.3 Å². The van der Waals surface area contributed by atoms with E-state index in [1.165, 1.54) is 26.6 Å². The van der Waals surface area contributed by atoms with Crippen molar-refractivity contribution >= 4 is 115 Å². The Morgan fingerprint density at radius 3 is 1.63 bits per heavy atom. The van der Waals surface area contributed by atoms with Gasteiger partial charge in [0.05, 0.1) is 27.4 Å². The summed E-state index contributed by atoms with van der Waals surface area (Å²) in [4.78, 5) is 57.1. The molecular formula is C34H36I5N8O10V2. The zero-order valence-corrected chi connectivity index (χ0v) is 44.9. The third-order valence-electron chi connectivity index (χ3n) is 6.04. The molecule has 0 aliphatic carbocycles. The number of aromatic nitrogens is 6. The van der Waals surface area contributed by atoms with Crippen LogP contribution < -0.4 is 30.2 Å². The van der Waals surface area contributed by atoms with Gasteiger partial charge >= 0.3 is 76.8 Å². The summed E-state index contributed by atoms with van der Waals surface area (Å²) in [6.45, 7) is 3.57. The van der Waals surface area contributed by atoms with Crippen LogP contribution in [0, 0.1) is 5.41 Å². The summed E-state index contributed by atoms with van der Waals surface area (Å²) in [5.74, 6) is -0.724. The molecule has 1 radical (unpaired) electrons. The van der Waals surface area contributed by atoms with Gasteiger partial charge < -0.3 is 44.2 Å². The second kappa shape index (κ2) is 33.3. The molecule has 0 saturated heterocycles. The Morgan fingerprint density at radius 2 is 1.22 bits per heavy atom. The van der Waals surface area contributed by atoms with Gasteiger partial charge in [0.2, 0.25) is 0 Å². The molecule has 0 unspecified atom stereocenters. The number of esters is 2. The molecule has 5 N–H and O–H groups in total. The van der Waals surface area contributed by atoms with E-state index in [2.05, 4.69) is 127 Å². The number of aromatic hydroxyl groups is 1. The fourth-order valence-electron chi connectivity index (χ4n) is 3.79. The van der Waals surface area contributed by atoms with Crippen LogP contribution >= 0.6 is 97.2 Å². The molecule has 0 aliphatic heterocycles. The molecule has 5 rings (SSSR count). The fraction of sp³-hybridized carbons (Fsp3) is 0.206. The van der Waals surface area contributed by atoms with Crippen LogP contribution in [0.2, 0.25) is 0 Å². The molecule has 0 bridgehead atoms. The van der Waals surface area contributed by atoms with Gasteiger partial charge in [-0.05, 0) is 50.2 Å². The van der Waals surface area contributed by atoms with Crippen LogP contribution in [-0.4, -0.2) is 86.3 Å². The number of carbonyl (C=O) groups excluding carboxylic acids is 2. The Balaban J connectivity index is 0.000000846. The number of benzene rings is 2. The van der Waals surface area contributed by atoms with E-state index in [-0.39, 0.29) is 77.2 Å². The molecule has 3 heterocycles. The number of amidine groups is 1. The topological polar surface area (TPSA) is 257 Å². The van der Waals surface area contributed by atoms with Crippen molar-refractivity contribution in [1.29, 1.82) is 5.41 Å². The van der Waals surface area contributed by atoms with Crippen molar-refractivity contribution in [3.63, 3.8) is 0 Å². The number of nitrogens with zero attached hydrogens (tertiary/aromatic N) is 5. The Labute approximate surface area is 412 Å². The summed E-state index contributed by atoms with van der Waals surface area (Å²) in [6.07, 6.45) is 4.62. The molecule has 317 valence electrons. The van der Waals surface area contributed by atoms with Gasteiger partial charge in [-0.25, -0.2) is 29.5 Å². The molecule has 5 aromatic rings. The standard InChI is InChI=1S/C15H12N4O4.C14H18O6.C5H6N4.I2.3HI.2V/c1-22-9-5-2-3-6-10(9)23-11-14(20)18-13(19-15(11)21)12-16-7-4-8-17-12;1-4-18-13(15)12(14(16)19-5-2)20-11-9-7-6-8-10(11)17-3;6-4(7)5-8-2-1-3-9-5;1-2;;;;;/h2-8H,1H3,(H2,18,19,20,21);6-9,12H,4-5H2,1-3H3;1-3H,(H3,6,7);;3*1H;;/q;;;;;;;;+3/p-3. The third kappa shape index (κ3) is 21.9. The first-order valence-corrected chi connectivity index (χ1v) is 35.7. The smallest absolute Gasteiger partial charge is 0 e. The van der Waals surface area contributed by atoms with Crippen LogP contribution in [0.3, 0.4) is 0 Å². The van der Waals surface area contributed by atoms with E-state index >= 15 is 0 Å². The maximum absolute atomic E-state index is 12.2. The zero-order chi connectivity index (χ0) is 43.5. The van der Waals surface area contributed by atoms with Gasteiger partial charge in [-0.15, -0.1) is 0 Å². The third-order valence-corrected chi connectivity index (χ3v) is 6.04. The van der Waals surface area contributed by atoms with Crippen molar-refractivity contribution in [3.8, 4) is 46.3 Å². The first-order chi connectivity index (χ1) is 27.9. The number of aromatic amines is 1. The summed E-state index contributed by atoms with van der Waals surface area (Å²) in [5.41, 5.74) is 4.41. The van der Waals surface area contributed by atoms with Crippen molar-refractivity contribution < 1.29 is 66.6 Å². The quantitative estimate of drug-likeness (QED) is 0.0310. The van der Waals surface area contributed by atoms with Crippen LogP contribution in [-0.2, 0) is 42.5 Å². The number of nitrogen functional groups attached to an aromatic ring is 1. The van der Waals surface area contributed by atoms with E-state index in [0.717, 1.165) is 0 Å². The largest absolute Gasteiger partial charge is 0 e. The molecule has 59 heavy (non-hydrogen) atoms. The number of carbonyl (C=O) groups is 2. The molecule has 0 atom stereocenters. The van der Waals surface area contributed by atoms with Crippen LogP contribution in [0.5, 0.6) is 34.6 Å². The van der Waals surface area contributed by atoms with Crippen molar-refractivity contribution in [2.45, 2.75) is 20.0 Å². The summed E-state index contributed by atoms with van der Waals surface area (Å²) < 4.78 is 30.7. The van der Waals surface area contributed by atoms with E-state index in [1.807, 2.05) is 0 Å². The molecule has 0 fully saturated rings. The number of para-hydroxylation sites is 4. The first kappa shape index (κ1) is 56.7. The predicted octanol–water partition coefficient (Wildman–Crippen LogP) is 7.49. The Bertz CT molecular complexity index is 2030. The normalized spacial score (nSPS) is 9.47. The van der Waals surface area contributed by atoms with Crippen molar-refractivity contribution in [2.75, 3.05) is 27.4 Å². The number of methoxy groups -OCH3 is 2. The number of H-pyrrole nitrogens is 1. The second-order valence-electron chi connectivity index (χ2n) is 9.72. The monoisotopic (exact) mass is 1450 g/mol. The van der Waals surface area contributed by atoms with Crippen LogP contribution in [0.4, 0.5) is 0 Å². The summed E-state index contributed by atoms with van der Waals surface area (Å²) >= 11 is 11.6. The average molecular weight is 1450 g/mol. The van der Waals surface area contributed by atoms with Gasteiger partial charge in [-0.3, -0.25) is 10.2 Å². The number of hydrogen-bond acceptors (Lipinski definition) is 16. The van der Waals surface area contributed by atoms with Crippen LogP contribution in [0.25, 0.3) is 11.6 Å². The van der Waals surface area contributed by atoms with Gasteiger partial charge in [0.1, 0.15) is 0 Å². The average Bonchev–Trinajstić information content (AvgIpc) is 3.23. The van der Waals surface area contributed by atoms with Crippen molar-refractivity contribution in [2.24, 2.45) is 5.73 Å². The fourth-order valence-corrected chi connectivity index (χ4v) is 3.79. The van der Waals surface area contributed by atoms with E-state index < -0.39 is 29.5 Å². The number of halogens is 5. The molecule has 0 aliphatic rings. The first-order valence-electron chi connectivity index (χ1n) is 15.9. The van der Waals surface area contributed by atoms with Gasteiger partial charge in [-0.2, -0.15) is 4.98 Å². The second-order valence-corrected chi connectivity index (χ2v) is 45.1. The number of nitrogens with two attached hydrogens (primary N) is 1. The number of rotatable bonds is 12. The van der Waals surface area contributed by atoms with Gasteiger partial charge in [0.25, 0.3) is 23.3 Å². The van der Waals surface area contributed by atoms with Crippen molar-refractivity contribution in [1.82, 2.24) is 29.9 Å². The molecule has 0 spiro atoms. The van der Waals surface area contributed by atoms with Gasteiger partial charge in [-0.1, -0.05) is 24.3 Å².